The molecule has 1 saturated heterocycles. The lowest BCUT2D eigenvalue weighted by atomic mass is 9.95. The van der Waals surface area contributed by atoms with Crippen molar-refractivity contribution in [2.75, 3.05) is 19.6 Å². The normalized spacial score (nSPS) is 16.7. The Bertz CT molecular complexity index is 756. The lowest BCUT2D eigenvalue weighted by Gasteiger charge is -2.31. The first-order valence-corrected chi connectivity index (χ1v) is 10.7. The lowest BCUT2D eigenvalue weighted by molar-refractivity contribution is -0.127. The zero-order valence-corrected chi connectivity index (χ0v) is 17.2. The first kappa shape index (κ1) is 20.5. The van der Waals surface area contributed by atoms with Crippen LogP contribution in [-0.4, -0.2) is 47.4 Å². The van der Waals surface area contributed by atoms with Gasteiger partial charge in [-0.05, 0) is 45.3 Å². The van der Waals surface area contributed by atoms with Crippen molar-refractivity contribution < 1.29 is 9.59 Å². The molecular weight excluding hydrogens is 372 g/mol. The van der Waals surface area contributed by atoms with Gasteiger partial charge in [0.2, 0.25) is 11.8 Å². The van der Waals surface area contributed by atoms with E-state index in [-0.39, 0.29) is 29.8 Å². The summed E-state index contributed by atoms with van der Waals surface area (Å²) in [4.78, 5) is 31.4. The number of thiazole rings is 1. The first-order chi connectivity index (χ1) is 13.5. The zero-order chi connectivity index (χ0) is 19.9. The average Bonchev–Trinajstić information content (AvgIpc) is 3.21. The number of piperidine rings is 1. The summed E-state index contributed by atoms with van der Waals surface area (Å²) in [5, 5.41) is 8.92. The molecule has 1 atom stereocenters. The minimum atomic E-state index is -0.233. The van der Waals surface area contributed by atoms with E-state index in [2.05, 4.69) is 20.5 Å². The van der Waals surface area contributed by atoms with Crippen molar-refractivity contribution in [3.05, 3.63) is 52.5 Å². The number of nitrogens with one attached hydrogen (secondary N) is 2. The van der Waals surface area contributed by atoms with Crippen molar-refractivity contribution in [1.82, 2.24) is 20.5 Å². The van der Waals surface area contributed by atoms with Crippen molar-refractivity contribution in [2.45, 2.75) is 38.8 Å². The second-order valence-electron chi connectivity index (χ2n) is 7.50. The average molecular weight is 401 g/mol. The molecule has 1 unspecified atom stereocenters. The van der Waals surface area contributed by atoms with E-state index in [4.69, 9.17) is 0 Å². The fourth-order valence-corrected chi connectivity index (χ4v) is 4.19. The van der Waals surface area contributed by atoms with Gasteiger partial charge in [0.1, 0.15) is 11.0 Å². The van der Waals surface area contributed by atoms with E-state index < -0.39 is 0 Å². The zero-order valence-electron chi connectivity index (χ0n) is 16.4. The molecule has 0 radical (unpaired) electrons. The molecular formula is C21H28N4O2S. The molecule has 2 heterocycles. The van der Waals surface area contributed by atoms with Gasteiger partial charge in [-0.2, -0.15) is 0 Å². The van der Waals surface area contributed by atoms with Crippen molar-refractivity contribution in [3.8, 4) is 0 Å². The molecule has 1 aromatic carbocycles. The number of carbonyl (C=O) groups excluding carboxylic acids is 2. The summed E-state index contributed by atoms with van der Waals surface area (Å²) in [6, 6.07) is 9.84. The molecule has 6 nitrogen and oxygen atoms in total. The van der Waals surface area contributed by atoms with Gasteiger partial charge >= 0.3 is 0 Å². The number of aromatic nitrogens is 1. The van der Waals surface area contributed by atoms with Crippen molar-refractivity contribution >= 4 is 23.2 Å². The van der Waals surface area contributed by atoms with Crippen LogP contribution in [0.1, 0.15) is 43.3 Å². The standard InChI is InChI=1S/C21H28N4O2S/c1-15(2)23-20(27)17-8-11-25(12-9-17)14-18(26)24-19(21-22-10-13-28-21)16-6-4-3-5-7-16/h3-7,10,13,15,17,19H,8-9,11-12,14H2,1-2H3,(H,23,27)(H,24,26). The fourth-order valence-electron chi connectivity index (χ4n) is 3.48. The summed E-state index contributed by atoms with van der Waals surface area (Å²) in [6.45, 7) is 5.81. The number of benzene rings is 1. The molecule has 1 aromatic heterocycles. The number of rotatable bonds is 7. The van der Waals surface area contributed by atoms with Gasteiger partial charge in [-0.25, -0.2) is 4.98 Å². The molecule has 2 amide bonds. The van der Waals surface area contributed by atoms with E-state index in [1.54, 1.807) is 6.20 Å². The molecule has 0 saturated carbocycles. The van der Waals surface area contributed by atoms with E-state index >= 15 is 0 Å². The number of hydrogen-bond donors (Lipinski definition) is 2. The van der Waals surface area contributed by atoms with Crippen LogP contribution in [0.25, 0.3) is 0 Å². The summed E-state index contributed by atoms with van der Waals surface area (Å²) < 4.78 is 0. The third-order valence-electron chi connectivity index (χ3n) is 4.89. The minimum absolute atomic E-state index is 0.0193. The Labute approximate surface area is 170 Å². The Morgan fingerprint density at radius 2 is 1.89 bits per heavy atom. The number of nitrogens with zero attached hydrogens (tertiary/aromatic N) is 2. The molecule has 28 heavy (non-hydrogen) atoms. The Morgan fingerprint density at radius 1 is 1.18 bits per heavy atom. The molecule has 2 N–H and O–H groups in total. The Kier molecular flexibility index (Phi) is 7.17. The maximum absolute atomic E-state index is 12.7. The van der Waals surface area contributed by atoms with E-state index in [0.717, 1.165) is 36.5 Å². The number of likely N-dealkylation sites (tertiary alicyclic amines) is 1. The van der Waals surface area contributed by atoms with Crippen LogP contribution >= 0.6 is 11.3 Å². The summed E-state index contributed by atoms with van der Waals surface area (Å²) in [5.41, 5.74) is 1.02. The monoisotopic (exact) mass is 400 g/mol. The van der Waals surface area contributed by atoms with E-state index in [1.807, 2.05) is 49.6 Å². The van der Waals surface area contributed by atoms with E-state index in [0.29, 0.717) is 6.54 Å². The number of amides is 2. The molecule has 1 aliphatic heterocycles. The van der Waals surface area contributed by atoms with Crippen molar-refractivity contribution in [2.24, 2.45) is 5.92 Å². The molecule has 0 bridgehead atoms. The molecule has 2 aromatic rings. The highest BCUT2D eigenvalue weighted by molar-refractivity contribution is 7.09. The quantitative estimate of drug-likeness (QED) is 0.749. The second-order valence-corrected chi connectivity index (χ2v) is 8.42. The maximum Gasteiger partial charge on any atom is 0.235 e. The summed E-state index contributed by atoms with van der Waals surface area (Å²) in [5.74, 6) is 0.162. The molecule has 1 fully saturated rings. The predicted octanol–water partition coefficient (Wildman–Crippen LogP) is 2.59. The Hall–Kier alpha value is -2.25. The lowest BCUT2D eigenvalue weighted by Crippen LogP contribution is -2.45. The molecule has 1 aliphatic rings. The molecule has 3 rings (SSSR count). The molecule has 0 aliphatic carbocycles. The SMILES string of the molecule is CC(C)NC(=O)C1CCN(CC(=O)NC(c2ccccc2)c2nccs2)CC1. The van der Waals surface area contributed by atoms with Gasteiger partial charge in [0.15, 0.2) is 0 Å². The highest BCUT2D eigenvalue weighted by atomic mass is 32.1. The van der Waals surface area contributed by atoms with Crippen LogP contribution in [0, 0.1) is 5.92 Å². The van der Waals surface area contributed by atoms with E-state index in [1.165, 1.54) is 11.3 Å². The molecule has 150 valence electrons. The summed E-state index contributed by atoms with van der Waals surface area (Å²) >= 11 is 1.54. The van der Waals surface area contributed by atoms with Gasteiger partial charge in [0.25, 0.3) is 0 Å². The highest BCUT2D eigenvalue weighted by Crippen LogP contribution is 2.24. The van der Waals surface area contributed by atoms with Crippen LogP contribution in [0.2, 0.25) is 0 Å². The van der Waals surface area contributed by atoms with Crippen molar-refractivity contribution in [1.29, 1.82) is 0 Å². The largest absolute Gasteiger partial charge is 0.354 e. The predicted molar refractivity (Wildman–Crippen MR) is 111 cm³/mol. The highest BCUT2D eigenvalue weighted by Gasteiger charge is 2.27. The molecule has 7 heteroatoms. The summed E-state index contributed by atoms with van der Waals surface area (Å²) in [7, 11) is 0. The second kappa shape index (κ2) is 9.80. The van der Waals surface area contributed by atoms with Crippen LogP contribution < -0.4 is 10.6 Å². The van der Waals surface area contributed by atoms with Gasteiger partial charge in [0, 0.05) is 23.5 Å². The topological polar surface area (TPSA) is 74.3 Å². The fraction of sp³-hybridized carbons (Fsp3) is 0.476. The van der Waals surface area contributed by atoms with Crippen LogP contribution in [0.3, 0.4) is 0 Å². The smallest absolute Gasteiger partial charge is 0.235 e. The third kappa shape index (κ3) is 5.62. The van der Waals surface area contributed by atoms with Crippen LogP contribution in [0.5, 0.6) is 0 Å². The van der Waals surface area contributed by atoms with Crippen LogP contribution in [0.4, 0.5) is 0 Å². The van der Waals surface area contributed by atoms with Gasteiger partial charge < -0.3 is 10.6 Å². The minimum Gasteiger partial charge on any atom is -0.354 e. The van der Waals surface area contributed by atoms with Gasteiger partial charge in [-0.15, -0.1) is 11.3 Å². The van der Waals surface area contributed by atoms with Gasteiger partial charge in [-0.1, -0.05) is 30.3 Å². The third-order valence-corrected chi connectivity index (χ3v) is 5.73. The first-order valence-electron chi connectivity index (χ1n) is 9.79. The van der Waals surface area contributed by atoms with Gasteiger partial charge in [0.05, 0.1) is 6.54 Å². The van der Waals surface area contributed by atoms with Crippen LogP contribution in [-0.2, 0) is 9.59 Å². The molecule has 0 spiro atoms. The Morgan fingerprint density at radius 3 is 2.50 bits per heavy atom. The number of hydrogen-bond acceptors (Lipinski definition) is 5. The van der Waals surface area contributed by atoms with E-state index in [9.17, 15) is 9.59 Å². The Balaban J connectivity index is 1.54. The summed E-state index contributed by atoms with van der Waals surface area (Å²) in [6.07, 6.45) is 3.34. The van der Waals surface area contributed by atoms with Crippen LogP contribution in [0.15, 0.2) is 41.9 Å². The van der Waals surface area contributed by atoms with Crippen molar-refractivity contribution in [3.63, 3.8) is 0 Å². The number of carbonyl (C=O) groups is 2. The maximum atomic E-state index is 12.7. The van der Waals surface area contributed by atoms with Gasteiger partial charge in [-0.3, -0.25) is 14.5 Å².